The van der Waals surface area contributed by atoms with Gasteiger partial charge in [0.05, 0.1) is 19.8 Å². The number of nitrogens with one attached hydrogen (secondary N) is 1. The second-order valence-corrected chi connectivity index (χ2v) is 4.54. The monoisotopic (exact) mass is 262 g/mol. The number of hydrogen-bond donors (Lipinski definition) is 0. The van der Waals surface area contributed by atoms with Crippen LogP contribution in [0.2, 0.25) is 0 Å². The molecule has 1 aliphatic rings. The Labute approximate surface area is 106 Å². The fourth-order valence-electron chi connectivity index (χ4n) is 1.37. The maximum atomic E-state index is 7.22. The summed E-state index contributed by atoms with van der Waals surface area (Å²) in [6.07, 6.45) is 1.27. The molecule has 1 aliphatic heterocycles. The van der Waals surface area contributed by atoms with E-state index in [9.17, 15) is 0 Å². The van der Waals surface area contributed by atoms with Crippen molar-refractivity contribution in [2.75, 3.05) is 13.2 Å². The van der Waals surface area contributed by atoms with E-state index in [0.717, 1.165) is 0 Å². The molecule has 1 N–H and O–H groups in total. The maximum absolute atomic E-state index is 7.22. The molecule has 6 nitrogen and oxygen atoms in total. The minimum atomic E-state index is -0.279. The number of nitrogens with zero attached hydrogens (tertiary/aromatic N) is 3. The molecule has 2 rings (SSSR count). The Balaban J connectivity index is 0.00000128. The summed E-state index contributed by atoms with van der Waals surface area (Å²) >= 11 is 0. The normalized spacial score (nSPS) is 20.4. The smallest absolute Gasteiger partial charge is 0.177 e. The summed E-state index contributed by atoms with van der Waals surface area (Å²) in [5.41, 5.74) is 7.30. The molecule has 1 saturated heterocycles. The van der Waals surface area contributed by atoms with E-state index < -0.39 is 0 Å². The molecule has 1 fully saturated rings. The molecule has 1 aromatic rings. The number of hydrogen-bond acceptors (Lipinski definition) is 4. The van der Waals surface area contributed by atoms with Crippen LogP contribution in [-0.4, -0.2) is 34.5 Å². The van der Waals surface area contributed by atoms with Gasteiger partial charge in [0.25, 0.3) is 0 Å². The van der Waals surface area contributed by atoms with Crippen LogP contribution in [0, 0.1) is 5.41 Å². The van der Waals surface area contributed by atoms with E-state index >= 15 is 0 Å². The SMILES string of the molecule is CC1(C)COC(Cn2cc([NH-])nn2)OC1.[V]. The van der Waals surface area contributed by atoms with Crippen molar-refractivity contribution in [2.24, 2.45) is 5.41 Å². The van der Waals surface area contributed by atoms with Gasteiger partial charge >= 0.3 is 0 Å². The van der Waals surface area contributed by atoms with E-state index in [4.69, 9.17) is 15.2 Å². The molecule has 1 aromatic heterocycles. The van der Waals surface area contributed by atoms with Crippen LogP contribution in [0.25, 0.3) is 5.73 Å². The molecule has 7 heteroatoms. The molecular weight excluding hydrogens is 247 g/mol. The first-order chi connectivity index (χ1) is 7.05. The van der Waals surface area contributed by atoms with Crippen molar-refractivity contribution >= 4 is 5.82 Å². The van der Waals surface area contributed by atoms with E-state index in [2.05, 4.69) is 24.2 Å². The van der Waals surface area contributed by atoms with Crippen LogP contribution < -0.4 is 0 Å². The second kappa shape index (κ2) is 5.18. The first-order valence-corrected chi connectivity index (χ1v) is 4.90. The van der Waals surface area contributed by atoms with Crippen molar-refractivity contribution in [3.63, 3.8) is 0 Å². The Hall–Kier alpha value is -0.556. The molecule has 0 amide bonds. The summed E-state index contributed by atoms with van der Waals surface area (Å²) < 4.78 is 12.6. The summed E-state index contributed by atoms with van der Waals surface area (Å²) in [5.74, 6) is 0.158. The summed E-state index contributed by atoms with van der Waals surface area (Å²) in [6.45, 7) is 6.04. The van der Waals surface area contributed by atoms with Crippen LogP contribution in [0.4, 0.5) is 5.82 Å². The molecular formula is C9H15N4O2V-. The van der Waals surface area contributed by atoms with E-state index in [-0.39, 0.29) is 36.1 Å². The minimum absolute atomic E-state index is 0. The van der Waals surface area contributed by atoms with Gasteiger partial charge in [0.15, 0.2) is 6.29 Å². The third-order valence-corrected chi connectivity index (χ3v) is 2.19. The average molecular weight is 262 g/mol. The van der Waals surface area contributed by atoms with Crippen LogP contribution in [0.3, 0.4) is 0 Å². The molecule has 0 aliphatic carbocycles. The van der Waals surface area contributed by atoms with Crippen molar-refractivity contribution < 1.29 is 28.0 Å². The largest absolute Gasteiger partial charge is 0.480 e. The zero-order valence-electron chi connectivity index (χ0n) is 9.38. The molecule has 16 heavy (non-hydrogen) atoms. The molecule has 2 heterocycles. The molecule has 0 atom stereocenters. The van der Waals surface area contributed by atoms with E-state index in [0.29, 0.717) is 19.8 Å². The quantitative estimate of drug-likeness (QED) is 0.806. The summed E-state index contributed by atoms with van der Waals surface area (Å²) in [5, 5.41) is 7.34. The molecule has 0 saturated carbocycles. The Morgan fingerprint density at radius 1 is 1.50 bits per heavy atom. The fraction of sp³-hybridized carbons (Fsp3) is 0.778. The molecule has 0 aromatic carbocycles. The standard InChI is InChI=1S/C9H15N4O2.V/c1-9(2)5-14-8(15-6-9)4-13-3-7(10)11-12-13;/h3,8,10H,4-6H2,1-2H3;/q-1;. The predicted molar refractivity (Wildman–Crippen MR) is 53.5 cm³/mol. The fourth-order valence-corrected chi connectivity index (χ4v) is 1.37. The van der Waals surface area contributed by atoms with Crippen molar-refractivity contribution in [3.05, 3.63) is 11.9 Å². The molecule has 0 unspecified atom stereocenters. The van der Waals surface area contributed by atoms with Gasteiger partial charge in [0.2, 0.25) is 0 Å². The van der Waals surface area contributed by atoms with Gasteiger partial charge in [-0.25, -0.2) is 0 Å². The number of ether oxygens (including phenoxy) is 2. The Morgan fingerprint density at radius 3 is 2.62 bits per heavy atom. The van der Waals surface area contributed by atoms with Gasteiger partial charge in [-0.3, -0.25) is 4.68 Å². The summed E-state index contributed by atoms with van der Waals surface area (Å²) in [4.78, 5) is 0. The third kappa shape index (κ3) is 3.48. The second-order valence-electron chi connectivity index (χ2n) is 4.54. The van der Waals surface area contributed by atoms with E-state index in [1.165, 1.54) is 0 Å². The van der Waals surface area contributed by atoms with Gasteiger partial charge in [-0.2, -0.15) is 5.21 Å². The van der Waals surface area contributed by atoms with Crippen molar-refractivity contribution in [3.8, 4) is 0 Å². The number of rotatable bonds is 2. The van der Waals surface area contributed by atoms with Gasteiger partial charge in [-0.1, -0.05) is 13.8 Å². The van der Waals surface area contributed by atoms with Crippen LogP contribution in [0.5, 0.6) is 0 Å². The van der Waals surface area contributed by atoms with Crippen LogP contribution >= 0.6 is 0 Å². The van der Waals surface area contributed by atoms with Crippen molar-refractivity contribution in [2.45, 2.75) is 26.7 Å². The Kier molecular flexibility index (Phi) is 4.38. The summed E-state index contributed by atoms with van der Waals surface area (Å²) in [6, 6.07) is 0. The minimum Gasteiger partial charge on any atom is -0.480 e. The van der Waals surface area contributed by atoms with Gasteiger partial charge in [0, 0.05) is 30.2 Å². The molecule has 89 valence electrons. The van der Waals surface area contributed by atoms with Crippen LogP contribution in [0.1, 0.15) is 13.8 Å². The predicted octanol–water partition coefficient (Wildman–Crippen LogP) is 1.36. The Morgan fingerprint density at radius 2 is 2.12 bits per heavy atom. The average Bonchev–Trinajstić information content (AvgIpc) is 2.55. The zero-order valence-corrected chi connectivity index (χ0v) is 10.8. The van der Waals surface area contributed by atoms with E-state index in [1.807, 2.05) is 0 Å². The van der Waals surface area contributed by atoms with E-state index in [1.54, 1.807) is 10.9 Å². The first-order valence-electron chi connectivity index (χ1n) is 4.90. The molecule has 0 spiro atoms. The van der Waals surface area contributed by atoms with Crippen molar-refractivity contribution in [1.29, 1.82) is 0 Å². The maximum Gasteiger partial charge on any atom is 0.177 e. The van der Waals surface area contributed by atoms with Crippen molar-refractivity contribution in [1.82, 2.24) is 15.0 Å². The molecule has 1 radical (unpaired) electrons. The molecule has 0 bridgehead atoms. The Bertz CT molecular complexity index is 332. The van der Waals surface area contributed by atoms with Gasteiger partial charge in [-0.15, -0.1) is 0 Å². The summed E-state index contributed by atoms with van der Waals surface area (Å²) in [7, 11) is 0. The van der Waals surface area contributed by atoms with Gasteiger partial charge in [-0.05, 0) is 5.82 Å². The van der Waals surface area contributed by atoms with Gasteiger partial charge < -0.3 is 20.3 Å². The zero-order chi connectivity index (χ0) is 10.9. The third-order valence-electron chi connectivity index (χ3n) is 2.19. The number of aromatic nitrogens is 3. The van der Waals surface area contributed by atoms with Gasteiger partial charge in [0.1, 0.15) is 0 Å². The van der Waals surface area contributed by atoms with Crippen LogP contribution in [0.15, 0.2) is 6.20 Å². The van der Waals surface area contributed by atoms with Crippen LogP contribution in [-0.2, 0) is 34.6 Å². The topological polar surface area (TPSA) is 73.0 Å². The first kappa shape index (κ1) is 13.5.